The van der Waals surface area contributed by atoms with Crippen LogP contribution in [0, 0.1) is 0 Å². The Morgan fingerprint density at radius 2 is 2.24 bits per heavy atom. The highest BCUT2D eigenvalue weighted by Crippen LogP contribution is 2.28. The minimum Gasteiger partial charge on any atom is -0.493 e. The van der Waals surface area contributed by atoms with Gasteiger partial charge in [0.15, 0.2) is 0 Å². The summed E-state index contributed by atoms with van der Waals surface area (Å²) in [6, 6.07) is 6.97. The number of fused-ring (bicyclic) bond motifs is 1. The van der Waals surface area contributed by atoms with Crippen molar-refractivity contribution >= 4 is 11.8 Å². The summed E-state index contributed by atoms with van der Waals surface area (Å²) in [5.74, 6) is 1.07. The summed E-state index contributed by atoms with van der Waals surface area (Å²) in [5.41, 5.74) is 2.72. The molecule has 0 amide bonds. The fraction of sp³-hybridized carbons (Fsp3) is 0.571. The zero-order valence-electron chi connectivity index (χ0n) is 10.8. The lowest BCUT2D eigenvalue weighted by molar-refractivity contribution is 0.356. The number of benzene rings is 1. The van der Waals surface area contributed by atoms with Crippen molar-refractivity contribution in [1.29, 1.82) is 0 Å². The largest absolute Gasteiger partial charge is 0.493 e. The number of thioether (sulfide) groups is 1. The summed E-state index contributed by atoms with van der Waals surface area (Å²) in [6.45, 7) is 6.37. The molecular formula is C14H21NOS. The van der Waals surface area contributed by atoms with E-state index in [9.17, 15) is 0 Å². The van der Waals surface area contributed by atoms with Crippen LogP contribution in [0.25, 0.3) is 0 Å². The molecule has 1 aromatic carbocycles. The van der Waals surface area contributed by atoms with Crippen molar-refractivity contribution in [2.75, 3.05) is 19.4 Å². The van der Waals surface area contributed by atoms with Gasteiger partial charge in [-0.05, 0) is 30.4 Å². The van der Waals surface area contributed by atoms with Crippen LogP contribution >= 0.6 is 11.8 Å². The Kier molecular flexibility index (Phi) is 4.35. The standard InChI is InChI=1S/C14H21NOS/c1-10(17-3)9-15-11(2)12-4-5-14-13(8-12)6-7-16-14/h4-5,8,10-11,15H,6-7,9H2,1-3H3. The first-order valence-electron chi connectivity index (χ1n) is 6.22. The van der Waals surface area contributed by atoms with E-state index in [1.807, 2.05) is 11.8 Å². The van der Waals surface area contributed by atoms with Gasteiger partial charge in [-0.15, -0.1) is 0 Å². The summed E-state index contributed by atoms with van der Waals surface area (Å²) in [7, 11) is 0. The van der Waals surface area contributed by atoms with E-state index in [4.69, 9.17) is 4.74 Å². The summed E-state index contributed by atoms with van der Waals surface area (Å²) in [5, 5.41) is 4.24. The second kappa shape index (κ2) is 5.78. The molecule has 94 valence electrons. The number of ether oxygens (including phenoxy) is 1. The monoisotopic (exact) mass is 251 g/mol. The fourth-order valence-electron chi connectivity index (χ4n) is 2.02. The number of hydrogen-bond donors (Lipinski definition) is 1. The molecular weight excluding hydrogens is 230 g/mol. The fourth-order valence-corrected chi connectivity index (χ4v) is 2.28. The van der Waals surface area contributed by atoms with Gasteiger partial charge in [0, 0.05) is 24.3 Å². The van der Waals surface area contributed by atoms with Crippen LogP contribution in [0.2, 0.25) is 0 Å². The molecule has 2 unspecified atom stereocenters. The van der Waals surface area contributed by atoms with Crippen LogP contribution in [0.1, 0.15) is 31.0 Å². The lowest BCUT2D eigenvalue weighted by Gasteiger charge is -2.17. The Morgan fingerprint density at radius 3 is 3.00 bits per heavy atom. The SMILES string of the molecule is CSC(C)CNC(C)c1ccc2c(c1)CCO2. The van der Waals surface area contributed by atoms with Crippen LogP contribution in [0.5, 0.6) is 5.75 Å². The maximum atomic E-state index is 5.53. The van der Waals surface area contributed by atoms with E-state index in [0.717, 1.165) is 25.3 Å². The van der Waals surface area contributed by atoms with Gasteiger partial charge < -0.3 is 10.1 Å². The van der Waals surface area contributed by atoms with Crippen molar-refractivity contribution < 1.29 is 4.74 Å². The van der Waals surface area contributed by atoms with E-state index in [0.29, 0.717) is 11.3 Å². The molecule has 0 fully saturated rings. The van der Waals surface area contributed by atoms with E-state index in [1.54, 1.807) is 0 Å². The Labute approximate surface area is 108 Å². The normalized spacial score (nSPS) is 17.4. The van der Waals surface area contributed by atoms with Crippen LogP contribution < -0.4 is 10.1 Å². The molecule has 0 aromatic heterocycles. The molecule has 1 N–H and O–H groups in total. The summed E-state index contributed by atoms with van der Waals surface area (Å²) in [4.78, 5) is 0. The predicted molar refractivity (Wildman–Crippen MR) is 75.0 cm³/mol. The van der Waals surface area contributed by atoms with E-state index in [-0.39, 0.29) is 0 Å². The second-order valence-electron chi connectivity index (χ2n) is 4.64. The van der Waals surface area contributed by atoms with Crippen LogP contribution in [-0.4, -0.2) is 24.7 Å². The van der Waals surface area contributed by atoms with Crippen LogP contribution in [0.15, 0.2) is 18.2 Å². The lowest BCUT2D eigenvalue weighted by Crippen LogP contribution is -2.25. The van der Waals surface area contributed by atoms with Crippen molar-refractivity contribution in [3.8, 4) is 5.75 Å². The van der Waals surface area contributed by atoms with E-state index < -0.39 is 0 Å². The van der Waals surface area contributed by atoms with Gasteiger partial charge in [-0.2, -0.15) is 11.8 Å². The molecule has 1 aromatic rings. The Hall–Kier alpha value is -0.670. The van der Waals surface area contributed by atoms with Gasteiger partial charge in [0.05, 0.1) is 6.61 Å². The average molecular weight is 251 g/mol. The summed E-state index contributed by atoms with van der Waals surface area (Å²) < 4.78 is 5.53. The van der Waals surface area contributed by atoms with E-state index in [2.05, 4.69) is 43.6 Å². The molecule has 0 spiro atoms. The molecule has 0 bridgehead atoms. The third kappa shape index (κ3) is 3.17. The zero-order chi connectivity index (χ0) is 12.3. The molecule has 0 saturated carbocycles. The molecule has 2 atom stereocenters. The number of nitrogens with one attached hydrogen (secondary N) is 1. The highest BCUT2D eigenvalue weighted by atomic mass is 32.2. The van der Waals surface area contributed by atoms with Gasteiger partial charge in [-0.3, -0.25) is 0 Å². The molecule has 1 aliphatic heterocycles. The van der Waals surface area contributed by atoms with Gasteiger partial charge in [0.1, 0.15) is 5.75 Å². The minimum absolute atomic E-state index is 0.412. The van der Waals surface area contributed by atoms with Gasteiger partial charge in [-0.1, -0.05) is 19.1 Å². The average Bonchev–Trinajstić information content (AvgIpc) is 2.82. The van der Waals surface area contributed by atoms with Gasteiger partial charge >= 0.3 is 0 Å². The quantitative estimate of drug-likeness (QED) is 0.869. The van der Waals surface area contributed by atoms with Gasteiger partial charge in [0.2, 0.25) is 0 Å². The molecule has 3 heteroatoms. The zero-order valence-corrected chi connectivity index (χ0v) is 11.6. The molecule has 1 heterocycles. The van der Waals surface area contributed by atoms with Crippen molar-refractivity contribution in [2.45, 2.75) is 31.6 Å². The minimum atomic E-state index is 0.412. The van der Waals surface area contributed by atoms with Gasteiger partial charge in [-0.25, -0.2) is 0 Å². The molecule has 2 rings (SSSR count). The maximum absolute atomic E-state index is 5.53. The third-order valence-electron chi connectivity index (χ3n) is 3.33. The number of rotatable bonds is 5. The summed E-state index contributed by atoms with van der Waals surface area (Å²) in [6.07, 6.45) is 3.21. The third-order valence-corrected chi connectivity index (χ3v) is 4.30. The first-order chi connectivity index (χ1) is 8.20. The number of hydrogen-bond acceptors (Lipinski definition) is 3. The highest BCUT2D eigenvalue weighted by molar-refractivity contribution is 7.99. The van der Waals surface area contributed by atoms with Crippen LogP contribution in [0.3, 0.4) is 0 Å². The lowest BCUT2D eigenvalue weighted by atomic mass is 10.0. The van der Waals surface area contributed by atoms with Crippen molar-refractivity contribution in [1.82, 2.24) is 5.32 Å². The van der Waals surface area contributed by atoms with Crippen molar-refractivity contribution in [3.05, 3.63) is 29.3 Å². The van der Waals surface area contributed by atoms with E-state index in [1.165, 1.54) is 11.1 Å². The molecule has 1 aliphatic rings. The first-order valence-corrected chi connectivity index (χ1v) is 7.51. The molecule has 2 nitrogen and oxygen atoms in total. The first kappa shape index (κ1) is 12.8. The topological polar surface area (TPSA) is 21.3 Å². The summed E-state index contributed by atoms with van der Waals surface area (Å²) >= 11 is 1.90. The Bertz CT molecular complexity index is 380. The van der Waals surface area contributed by atoms with Crippen molar-refractivity contribution in [3.63, 3.8) is 0 Å². The molecule has 0 saturated heterocycles. The van der Waals surface area contributed by atoms with Crippen LogP contribution in [-0.2, 0) is 6.42 Å². The molecule has 17 heavy (non-hydrogen) atoms. The van der Waals surface area contributed by atoms with Gasteiger partial charge in [0.25, 0.3) is 0 Å². The highest BCUT2D eigenvalue weighted by Gasteiger charge is 2.14. The smallest absolute Gasteiger partial charge is 0.122 e. The van der Waals surface area contributed by atoms with Crippen molar-refractivity contribution in [2.24, 2.45) is 0 Å². The molecule has 0 aliphatic carbocycles. The Morgan fingerprint density at radius 1 is 1.41 bits per heavy atom. The van der Waals surface area contributed by atoms with E-state index >= 15 is 0 Å². The Balaban J connectivity index is 1.97. The molecule has 0 radical (unpaired) electrons. The second-order valence-corrected chi connectivity index (χ2v) is 5.92. The maximum Gasteiger partial charge on any atom is 0.122 e. The predicted octanol–water partition coefficient (Wildman–Crippen LogP) is 3.02. The van der Waals surface area contributed by atoms with Crippen LogP contribution in [0.4, 0.5) is 0 Å².